The summed E-state index contributed by atoms with van der Waals surface area (Å²) in [4.78, 5) is 11.0. The van der Waals surface area contributed by atoms with Gasteiger partial charge in [-0.2, -0.15) is 0 Å². The number of hydrogen-bond acceptors (Lipinski definition) is 2. The molecule has 0 spiro atoms. The lowest BCUT2D eigenvalue weighted by atomic mass is 10.1. The fourth-order valence-electron chi connectivity index (χ4n) is 2.00. The van der Waals surface area contributed by atoms with Crippen molar-refractivity contribution in [3.8, 4) is 5.75 Å². The van der Waals surface area contributed by atoms with E-state index in [1.807, 2.05) is 6.07 Å². The highest BCUT2D eigenvalue weighted by molar-refractivity contribution is 9.10. The molecule has 0 N–H and O–H groups in total. The van der Waals surface area contributed by atoms with Gasteiger partial charge in [0.05, 0.1) is 4.47 Å². The average Bonchev–Trinajstić information content (AvgIpc) is 2.48. The van der Waals surface area contributed by atoms with E-state index in [2.05, 4.69) is 22.5 Å². The summed E-state index contributed by atoms with van der Waals surface area (Å²) >= 11 is 15.5. The molecule has 0 unspecified atom stereocenters. The summed E-state index contributed by atoms with van der Waals surface area (Å²) in [5.74, 6) is 0.677. The molecule has 114 valence electrons. The van der Waals surface area contributed by atoms with Gasteiger partial charge >= 0.3 is 0 Å². The molecular formula is C17H13BrCl2O2. The first-order valence-electron chi connectivity index (χ1n) is 6.50. The second kappa shape index (κ2) is 7.82. The summed E-state index contributed by atoms with van der Waals surface area (Å²) in [7, 11) is 0. The maximum absolute atomic E-state index is 11.0. The summed E-state index contributed by atoms with van der Waals surface area (Å²) in [6.07, 6.45) is 3.17. The third kappa shape index (κ3) is 4.13. The average molecular weight is 400 g/mol. The van der Waals surface area contributed by atoms with Gasteiger partial charge in [0.15, 0.2) is 0 Å². The molecule has 0 aliphatic carbocycles. The first-order chi connectivity index (χ1) is 10.5. The van der Waals surface area contributed by atoms with Crippen LogP contribution in [0.4, 0.5) is 0 Å². The molecule has 0 saturated heterocycles. The molecule has 2 aromatic rings. The van der Waals surface area contributed by atoms with Crippen LogP contribution >= 0.6 is 39.1 Å². The van der Waals surface area contributed by atoms with E-state index in [1.165, 1.54) is 0 Å². The van der Waals surface area contributed by atoms with Crippen molar-refractivity contribution >= 4 is 45.4 Å². The molecule has 0 amide bonds. The quantitative estimate of drug-likeness (QED) is 0.448. The monoisotopic (exact) mass is 398 g/mol. The van der Waals surface area contributed by atoms with Gasteiger partial charge in [-0.05, 0) is 52.2 Å². The minimum absolute atomic E-state index is 0.305. The molecule has 2 rings (SSSR count). The van der Waals surface area contributed by atoms with Crippen LogP contribution in [0, 0.1) is 0 Å². The zero-order chi connectivity index (χ0) is 16.1. The van der Waals surface area contributed by atoms with Crippen LogP contribution in [0.5, 0.6) is 5.75 Å². The Bertz CT molecular complexity index is 714. The number of aldehydes is 1. The molecule has 2 nitrogen and oxygen atoms in total. The Morgan fingerprint density at radius 2 is 1.95 bits per heavy atom. The zero-order valence-corrected chi connectivity index (χ0v) is 14.7. The molecule has 0 atom stereocenters. The van der Waals surface area contributed by atoms with Gasteiger partial charge in [0, 0.05) is 21.2 Å². The lowest BCUT2D eigenvalue weighted by Gasteiger charge is -2.14. The van der Waals surface area contributed by atoms with Crippen LogP contribution in [0.3, 0.4) is 0 Å². The first kappa shape index (κ1) is 17.1. The molecule has 0 aromatic heterocycles. The fraction of sp³-hybridized carbons (Fsp3) is 0.118. The third-order valence-corrected chi connectivity index (χ3v) is 4.21. The maximum Gasteiger partial charge on any atom is 0.150 e. The van der Waals surface area contributed by atoms with Crippen molar-refractivity contribution < 1.29 is 9.53 Å². The van der Waals surface area contributed by atoms with Crippen molar-refractivity contribution in [1.29, 1.82) is 0 Å². The van der Waals surface area contributed by atoms with Crippen LogP contribution in [-0.2, 0) is 13.0 Å². The van der Waals surface area contributed by atoms with Gasteiger partial charge in [-0.15, -0.1) is 6.58 Å². The summed E-state index contributed by atoms with van der Waals surface area (Å²) in [6.45, 7) is 4.03. The lowest BCUT2D eigenvalue weighted by Crippen LogP contribution is -2.01. The Hall–Kier alpha value is -1.29. The predicted molar refractivity (Wildman–Crippen MR) is 94.2 cm³/mol. The van der Waals surface area contributed by atoms with E-state index in [1.54, 1.807) is 30.3 Å². The zero-order valence-electron chi connectivity index (χ0n) is 11.6. The number of hydrogen-bond donors (Lipinski definition) is 0. The SMILES string of the molecule is C=CCc1cc(C=O)cc(Br)c1OCc1ccc(Cl)cc1Cl. The number of benzene rings is 2. The minimum Gasteiger partial charge on any atom is -0.487 e. The van der Waals surface area contributed by atoms with Gasteiger partial charge in [0.25, 0.3) is 0 Å². The van der Waals surface area contributed by atoms with Crippen molar-refractivity contribution in [2.45, 2.75) is 13.0 Å². The van der Waals surface area contributed by atoms with E-state index < -0.39 is 0 Å². The van der Waals surface area contributed by atoms with Gasteiger partial charge in [-0.25, -0.2) is 0 Å². The Labute approximate surface area is 147 Å². The number of halogens is 3. The standard InChI is InChI=1S/C17H13BrCl2O2/c1-2-3-12-6-11(9-21)7-15(18)17(12)22-10-13-4-5-14(19)8-16(13)20/h2,4-9H,1,3,10H2. The maximum atomic E-state index is 11.0. The Kier molecular flexibility index (Phi) is 6.07. The molecule has 0 aliphatic rings. The fourth-order valence-corrected chi connectivity index (χ4v) is 3.10. The minimum atomic E-state index is 0.305. The van der Waals surface area contributed by atoms with Crippen LogP contribution in [0.15, 0.2) is 47.5 Å². The van der Waals surface area contributed by atoms with Crippen LogP contribution in [0.2, 0.25) is 10.0 Å². The molecule has 0 aliphatic heterocycles. The Morgan fingerprint density at radius 3 is 2.59 bits per heavy atom. The van der Waals surface area contributed by atoms with Gasteiger partial charge in [0.1, 0.15) is 18.6 Å². The largest absolute Gasteiger partial charge is 0.487 e. The molecule has 0 heterocycles. The number of allylic oxidation sites excluding steroid dienone is 1. The highest BCUT2D eigenvalue weighted by Gasteiger charge is 2.11. The van der Waals surface area contributed by atoms with Crippen molar-refractivity contribution in [2.24, 2.45) is 0 Å². The van der Waals surface area contributed by atoms with Gasteiger partial charge in [-0.3, -0.25) is 4.79 Å². The second-order valence-electron chi connectivity index (χ2n) is 4.63. The van der Waals surface area contributed by atoms with Gasteiger partial charge in [-0.1, -0.05) is 35.3 Å². The summed E-state index contributed by atoms with van der Waals surface area (Å²) in [5.41, 5.74) is 2.30. The molecule has 22 heavy (non-hydrogen) atoms. The normalized spacial score (nSPS) is 10.3. The Morgan fingerprint density at radius 1 is 1.18 bits per heavy atom. The van der Waals surface area contributed by atoms with E-state index in [9.17, 15) is 4.79 Å². The highest BCUT2D eigenvalue weighted by Crippen LogP contribution is 2.32. The molecular weight excluding hydrogens is 387 g/mol. The van der Waals surface area contributed by atoms with Crippen molar-refractivity contribution in [3.05, 3.63) is 74.2 Å². The number of carbonyl (C=O) groups excluding carboxylic acids is 1. The molecule has 5 heteroatoms. The number of rotatable bonds is 6. The summed E-state index contributed by atoms with van der Waals surface area (Å²) in [6, 6.07) is 8.78. The van der Waals surface area contributed by atoms with Gasteiger partial charge < -0.3 is 4.74 Å². The van der Waals surface area contributed by atoms with Crippen molar-refractivity contribution in [2.75, 3.05) is 0 Å². The van der Waals surface area contributed by atoms with Crippen LogP contribution in [0.1, 0.15) is 21.5 Å². The summed E-state index contributed by atoms with van der Waals surface area (Å²) < 4.78 is 6.61. The van der Waals surface area contributed by atoms with E-state index in [-0.39, 0.29) is 0 Å². The second-order valence-corrected chi connectivity index (χ2v) is 6.32. The molecule has 2 aromatic carbocycles. The third-order valence-electron chi connectivity index (χ3n) is 3.03. The Balaban J connectivity index is 2.28. The smallest absolute Gasteiger partial charge is 0.150 e. The number of carbonyl (C=O) groups is 1. The van der Waals surface area contributed by atoms with E-state index >= 15 is 0 Å². The van der Waals surface area contributed by atoms with E-state index in [0.29, 0.717) is 34.4 Å². The predicted octanol–water partition coefficient (Wildman–Crippen LogP) is 5.88. The summed E-state index contributed by atoms with van der Waals surface area (Å²) in [5, 5.41) is 1.14. The van der Waals surface area contributed by atoms with Crippen molar-refractivity contribution in [3.63, 3.8) is 0 Å². The van der Waals surface area contributed by atoms with Crippen LogP contribution in [-0.4, -0.2) is 6.29 Å². The molecule has 0 radical (unpaired) electrons. The van der Waals surface area contributed by atoms with E-state index in [0.717, 1.165) is 21.9 Å². The van der Waals surface area contributed by atoms with Crippen LogP contribution in [0.25, 0.3) is 0 Å². The topological polar surface area (TPSA) is 26.3 Å². The molecule has 0 fully saturated rings. The van der Waals surface area contributed by atoms with Crippen molar-refractivity contribution in [1.82, 2.24) is 0 Å². The van der Waals surface area contributed by atoms with Crippen LogP contribution < -0.4 is 4.74 Å². The highest BCUT2D eigenvalue weighted by atomic mass is 79.9. The van der Waals surface area contributed by atoms with E-state index in [4.69, 9.17) is 27.9 Å². The first-order valence-corrected chi connectivity index (χ1v) is 8.05. The number of ether oxygens (including phenoxy) is 1. The lowest BCUT2D eigenvalue weighted by molar-refractivity contribution is 0.112. The molecule has 0 saturated carbocycles. The molecule has 0 bridgehead atoms. The van der Waals surface area contributed by atoms with Gasteiger partial charge in [0.2, 0.25) is 0 Å².